The van der Waals surface area contributed by atoms with Crippen molar-refractivity contribution in [2.24, 2.45) is 0 Å². The summed E-state index contributed by atoms with van der Waals surface area (Å²) in [4.78, 5) is 4.47. The van der Waals surface area contributed by atoms with Crippen LogP contribution in [0.15, 0.2) is 84.9 Å². The number of rotatable bonds is 8. The molecule has 2 heterocycles. The van der Waals surface area contributed by atoms with Gasteiger partial charge in [-0.15, -0.1) is 0 Å². The van der Waals surface area contributed by atoms with Crippen LogP contribution in [0, 0.1) is 11.6 Å². The highest BCUT2D eigenvalue weighted by Crippen LogP contribution is 2.38. The van der Waals surface area contributed by atoms with Crippen molar-refractivity contribution in [1.29, 1.82) is 0 Å². The summed E-state index contributed by atoms with van der Waals surface area (Å²) in [6.45, 7) is 8.00. The molecule has 1 saturated heterocycles. The lowest BCUT2D eigenvalue weighted by Crippen LogP contribution is -2.41. The first-order valence-corrected chi connectivity index (χ1v) is 12.8. The number of pyridine rings is 1. The molecule has 1 fully saturated rings. The minimum absolute atomic E-state index is 0.0607. The first kappa shape index (κ1) is 26.8. The Morgan fingerprint density at radius 2 is 1.23 bits per heavy atom. The van der Waals surface area contributed by atoms with Gasteiger partial charge >= 0.3 is 7.12 Å². The van der Waals surface area contributed by atoms with Crippen molar-refractivity contribution in [3.8, 4) is 22.9 Å². The Balaban J connectivity index is 1.46. The first-order chi connectivity index (χ1) is 18.6. The Labute approximate surface area is 227 Å². The van der Waals surface area contributed by atoms with Crippen LogP contribution in [0.2, 0.25) is 0 Å². The van der Waals surface area contributed by atoms with E-state index in [2.05, 4.69) is 4.98 Å². The molecule has 0 radical (unpaired) electrons. The van der Waals surface area contributed by atoms with E-state index in [0.717, 1.165) is 11.1 Å². The number of hydrogen-bond donors (Lipinski definition) is 0. The monoisotopic (exact) mass is 529 g/mol. The average Bonchev–Trinajstić information content (AvgIpc) is 3.14. The lowest BCUT2D eigenvalue weighted by Gasteiger charge is -2.32. The zero-order chi connectivity index (χ0) is 27.6. The van der Waals surface area contributed by atoms with Gasteiger partial charge in [0.1, 0.15) is 24.8 Å². The molecule has 0 unspecified atom stereocenters. The molecule has 1 aliphatic heterocycles. The molecule has 5 nitrogen and oxygen atoms in total. The van der Waals surface area contributed by atoms with Crippen LogP contribution in [0.5, 0.6) is 11.8 Å². The molecule has 4 aromatic rings. The van der Waals surface area contributed by atoms with Crippen molar-refractivity contribution in [1.82, 2.24) is 4.98 Å². The van der Waals surface area contributed by atoms with Gasteiger partial charge in [0.25, 0.3) is 0 Å². The molecule has 8 heteroatoms. The summed E-state index contributed by atoms with van der Waals surface area (Å²) in [5, 5.41) is 0. The van der Waals surface area contributed by atoms with Crippen molar-refractivity contribution < 1.29 is 27.6 Å². The van der Waals surface area contributed by atoms with E-state index >= 15 is 8.78 Å². The van der Waals surface area contributed by atoms with Gasteiger partial charge in [0.05, 0.1) is 22.3 Å². The average molecular weight is 529 g/mol. The molecule has 1 aliphatic rings. The molecule has 0 atom stereocenters. The fraction of sp³-hybridized carbons (Fsp3) is 0.258. The number of aromatic nitrogens is 1. The largest absolute Gasteiger partial charge is 0.495 e. The molecule has 0 bridgehead atoms. The summed E-state index contributed by atoms with van der Waals surface area (Å²) < 4.78 is 55.0. The molecule has 39 heavy (non-hydrogen) atoms. The van der Waals surface area contributed by atoms with E-state index in [4.69, 9.17) is 18.8 Å². The highest BCUT2D eigenvalue weighted by atomic mass is 19.1. The van der Waals surface area contributed by atoms with Crippen molar-refractivity contribution >= 4 is 12.6 Å². The van der Waals surface area contributed by atoms with Gasteiger partial charge in [-0.2, -0.15) is 4.98 Å². The molecule has 3 aromatic carbocycles. The van der Waals surface area contributed by atoms with Crippen LogP contribution in [0.1, 0.15) is 38.8 Å². The van der Waals surface area contributed by atoms with Crippen LogP contribution >= 0.6 is 0 Å². The molecule has 0 spiro atoms. The maximum atomic E-state index is 15.6. The third kappa shape index (κ3) is 5.82. The summed E-state index contributed by atoms with van der Waals surface area (Å²) in [6.07, 6.45) is 0. The Morgan fingerprint density at radius 1 is 0.718 bits per heavy atom. The number of benzene rings is 3. The zero-order valence-corrected chi connectivity index (χ0v) is 22.4. The van der Waals surface area contributed by atoms with E-state index in [9.17, 15) is 0 Å². The van der Waals surface area contributed by atoms with Gasteiger partial charge in [-0.1, -0.05) is 60.7 Å². The van der Waals surface area contributed by atoms with Crippen LogP contribution in [0.25, 0.3) is 11.1 Å². The maximum Gasteiger partial charge on any atom is 0.495 e. The standard InChI is InChI=1S/C31H30BF2NO4/c1-30(2)31(3,4)39-32(38-30)23-17-25(33)28(26(34)18-23)24-15-16-27(36-19-21-11-7-5-8-12-21)35-29(24)37-20-22-13-9-6-10-14-22/h5-18H,19-20H2,1-4H3. The Bertz CT molecular complexity index is 1410. The van der Waals surface area contributed by atoms with Crippen LogP contribution in [0.3, 0.4) is 0 Å². The highest BCUT2D eigenvalue weighted by Gasteiger charge is 2.52. The first-order valence-electron chi connectivity index (χ1n) is 12.8. The minimum Gasteiger partial charge on any atom is -0.473 e. The molecule has 1 aromatic heterocycles. The van der Waals surface area contributed by atoms with Gasteiger partial charge in [-0.25, -0.2) is 8.78 Å². The third-order valence-electron chi connectivity index (χ3n) is 7.14. The van der Waals surface area contributed by atoms with Crippen LogP contribution < -0.4 is 14.9 Å². The molecular formula is C31H30BF2NO4. The van der Waals surface area contributed by atoms with E-state index in [1.165, 1.54) is 12.1 Å². The molecular weight excluding hydrogens is 499 g/mol. The topological polar surface area (TPSA) is 49.8 Å². The minimum atomic E-state index is -0.895. The molecule has 5 rings (SSSR count). The van der Waals surface area contributed by atoms with Gasteiger partial charge in [0, 0.05) is 6.07 Å². The summed E-state index contributed by atoms with van der Waals surface area (Å²) in [5.74, 6) is -1.21. The second kappa shape index (κ2) is 10.8. The fourth-order valence-corrected chi connectivity index (χ4v) is 4.23. The molecule has 200 valence electrons. The van der Waals surface area contributed by atoms with Gasteiger partial charge in [0.2, 0.25) is 11.8 Å². The summed E-state index contributed by atoms with van der Waals surface area (Å²) in [7, 11) is -0.895. The van der Waals surface area contributed by atoms with Crippen molar-refractivity contribution in [2.75, 3.05) is 0 Å². The van der Waals surface area contributed by atoms with Crippen molar-refractivity contribution in [3.05, 3.63) is 108 Å². The summed E-state index contributed by atoms with van der Waals surface area (Å²) >= 11 is 0. The Kier molecular flexibility index (Phi) is 7.43. The molecule has 0 saturated carbocycles. The van der Waals surface area contributed by atoms with E-state index in [-0.39, 0.29) is 41.6 Å². The number of nitrogens with zero attached hydrogens (tertiary/aromatic N) is 1. The Morgan fingerprint density at radius 3 is 1.77 bits per heavy atom. The molecule has 0 aliphatic carbocycles. The van der Waals surface area contributed by atoms with Crippen molar-refractivity contribution in [2.45, 2.75) is 52.1 Å². The van der Waals surface area contributed by atoms with Gasteiger partial charge in [0.15, 0.2) is 0 Å². The predicted molar refractivity (Wildman–Crippen MR) is 147 cm³/mol. The lowest BCUT2D eigenvalue weighted by molar-refractivity contribution is 0.00578. The maximum absolute atomic E-state index is 15.6. The van der Waals surface area contributed by atoms with Crippen LogP contribution in [0.4, 0.5) is 8.78 Å². The van der Waals surface area contributed by atoms with Crippen LogP contribution in [-0.4, -0.2) is 23.3 Å². The number of halogens is 2. The highest BCUT2D eigenvalue weighted by molar-refractivity contribution is 6.62. The lowest BCUT2D eigenvalue weighted by atomic mass is 9.78. The van der Waals surface area contributed by atoms with E-state index < -0.39 is 30.0 Å². The van der Waals surface area contributed by atoms with Gasteiger partial charge < -0.3 is 18.8 Å². The number of hydrogen-bond acceptors (Lipinski definition) is 5. The summed E-state index contributed by atoms with van der Waals surface area (Å²) in [6, 6.07) is 24.7. The van der Waals surface area contributed by atoms with Gasteiger partial charge in [-0.3, -0.25) is 0 Å². The van der Waals surface area contributed by atoms with Crippen molar-refractivity contribution in [3.63, 3.8) is 0 Å². The normalized spacial score (nSPS) is 15.8. The van der Waals surface area contributed by atoms with E-state index in [0.29, 0.717) is 0 Å². The van der Waals surface area contributed by atoms with E-state index in [1.54, 1.807) is 12.1 Å². The Hall–Kier alpha value is -3.75. The molecule has 0 N–H and O–H groups in total. The third-order valence-corrected chi connectivity index (χ3v) is 7.14. The second-order valence-corrected chi connectivity index (χ2v) is 10.5. The smallest absolute Gasteiger partial charge is 0.473 e. The quantitative estimate of drug-likeness (QED) is 0.245. The summed E-state index contributed by atoms with van der Waals surface area (Å²) in [5.41, 5.74) is 0.759. The fourth-order valence-electron chi connectivity index (χ4n) is 4.23. The SMILES string of the molecule is CC1(C)OB(c2cc(F)c(-c3ccc(OCc4ccccc4)nc3OCc3ccccc3)c(F)c2)OC1(C)C. The number of ether oxygens (including phenoxy) is 2. The second-order valence-electron chi connectivity index (χ2n) is 10.5. The van der Waals surface area contributed by atoms with Crippen LogP contribution in [-0.2, 0) is 22.5 Å². The van der Waals surface area contributed by atoms with E-state index in [1.807, 2.05) is 88.4 Å². The zero-order valence-electron chi connectivity index (χ0n) is 22.4. The predicted octanol–water partition coefficient (Wildman–Crippen LogP) is 6.48. The van der Waals surface area contributed by atoms with Gasteiger partial charge in [-0.05, 0) is 62.5 Å². The molecule has 0 amide bonds.